The van der Waals surface area contributed by atoms with Crippen molar-refractivity contribution >= 4 is 38.2 Å². The van der Waals surface area contributed by atoms with Gasteiger partial charge in [0.2, 0.25) is 15.9 Å². The number of benzene rings is 2. The number of carbonyl (C=O) groups excluding carboxylic acids is 1. The molecule has 1 heterocycles. The normalized spacial score (nSPS) is 12.2. The van der Waals surface area contributed by atoms with E-state index in [0.29, 0.717) is 23.6 Å². The smallest absolute Gasteiger partial charge is 0.248 e. The molecule has 1 aromatic heterocycles. The Morgan fingerprint density at radius 2 is 1.97 bits per heavy atom. The van der Waals surface area contributed by atoms with E-state index in [1.54, 1.807) is 6.07 Å². The summed E-state index contributed by atoms with van der Waals surface area (Å²) in [7, 11) is -3.85. The molecular formula is C22H24N2O5S. The molecule has 0 atom stereocenters. The molecule has 0 unspecified atom stereocenters. The number of nitrogens with two attached hydrogens (primary N) is 1. The first-order chi connectivity index (χ1) is 14.1. The van der Waals surface area contributed by atoms with Crippen LogP contribution in [0.1, 0.15) is 30.7 Å². The lowest BCUT2D eigenvalue weighted by molar-refractivity contribution is -0.111. The number of anilines is 1. The van der Waals surface area contributed by atoms with Crippen molar-refractivity contribution in [3.63, 3.8) is 0 Å². The van der Waals surface area contributed by atoms with Gasteiger partial charge in [-0.1, -0.05) is 6.07 Å². The van der Waals surface area contributed by atoms with E-state index in [0.717, 1.165) is 27.9 Å². The largest absolute Gasteiger partial charge is 0.493 e. The van der Waals surface area contributed by atoms with Gasteiger partial charge in [0.15, 0.2) is 0 Å². The van der Waals surface area contributed by atoms with Crippen LogP contribution in [-0.2, 0) is 14.8 Å². The van der Waals surface area contributed by atoms with E-state index in [1.165, 1.54) is 24.3 Å². The second-order valence-electron chi connectivity index (χ2n) is 6.95. The molecule has 0 aliphatic rings. The lowest BCUT2D eigenvalue weighted by Crippen LogP contribution is -2.13. The van der Waals surface area contributed by atoms with Crippen LogP contribution in [0.4, 0.5) is 5.69 Å². The molecule has 158 valence electrons. The van der Waals surface area contributed by atoms with Gasteiger partial charge in [0.25, 0.3) is 0 Å². The number of amides is 1. The zero-order chi connectivity index (χ0) is 22.1. The molecular weight excluding hydrogens is 404 g/mol. The number of fused-ring (bicyclic) bond motifs is 1. The Labute approximate surface area is 175 Å². The van der Waals surface area contributed by atoms with Gasteiger partial charge in [0, 0.05) is 28.8 Å². The number of hydrogen-bond acceptors (Lipinski definition) is 5. The average Bonchev–Trinajstić information content (AvgIpc) is 2.94. The molecule has 30 heavy (non-hydrogen) atoms. The highest BCUT2D eigenvalue weighted by Crippen LogP contribution is 2.35. The fourth-order valence-corrected chi connectivity index (χ4v) is 3.72. The molecule has 2 aromatic carbocycles. The van der Waals surface area contributed by atoms with Crippen LogP contribution < -0.4 is 15.2 Å². The maximum atomic E-state index is 12.5. The maximum absolute atomic E-state index is 12.5. The molecule has 7 nitrogen and oxygen atoms in total. The molecule has 0 aliphatic carbocycles. The van der Waals surface area contributed by atoms with Crippen LogP contribution in [0.3, 0.4) is 0 Å². The number of ether oxygens (including phenoxy) is 1. The summed E-state index contributed by atoms with van der Waals surface area (Å²) < 4.78 is 34.5. The summed E-state index contributed by atoms with van der Waals surface area (Å²) in [5, 5.41) is 8.77. The molecule has 3 aromatic rings. The van der Waals surface area contributed by atoms with Crippen molar-refractivity contribution in [2.75, 3.05) is 11.9 Å². The minimum atomic E-state index is -3.85. The fourth-order valence-electron chi connectivity index (χ4n) is 3.16. The summed E-state index contributed by atoms with van der Waals surface area (Å²) in [6.07, 6.45) is 1.44. The first kappa shape index (κ1) is 21.6. The van der Waals surface area contributed by atoms with Gasteiger partial charge in [-0.3, -0.25) is 4.79 Å². The van der Waals surface area contributed by atoms with Crippen molar-refractivity contribution in [3.8, 4) is 5.75 Å². The summed E-state index contributed by atoms with van der Waals surface area (Å²) in [4.78, 5) is 12.5. The van der Waals surface area contributed by atoms with Crippen LogP contribution in [-0.4, -0.2) is 20.9 Å². The number of allylic oxidation sites excluding steroid dienone is 1. The second-order valence-corrected chi connectivity index (χ2v) is 8.51. The number of primary sulfonamides is 1. The highest BCUT2D eigenvalue weighted by molar-refractivity contribution is 7.89. The van der Waals surface area contributed by atoms with Crippen LogP contribution >= 0.6 is 0 Å². The minimum absolute atomic E-state index is 0.0733. The zero-order valence-electron chi connectivity index (χ0n) is 17.3. The third-order valence-electron chi connectivity index (χ3n) is 4.78. The van der Waals surface area contributed by atoms with Gasteiger partial charge in [0.1, 0.15) is 17.1 Å². The van der Waals surface area contributed by atoms with Crippen LogP contribution in [0.5, 0.6) is 5.75 Å². The lowest BCUT2D eigenvalue weighted by atomic mass is 10.0. The molecule has 3 N–H and O–H groups in total. The molecule has 3 rings (SSSR count). The summed E-state index contributed by atoms with van der Waals surface area (Å²) in [5.41, 5.74) is 3.57. The summed E-state index contributed by atoms with van der Waals surface area (Å²) >= 11 is 0. The summed E-state index contributed by atoms with van der Waals surface area (Å²) in [6.45, 7) is 8.05. The Hall–Kier alpha value is -3.10. The number of furan rings is 1. The highest BCUT2D eigenvalue weighted by atomic mass is 32.2. The quantitative estimate of drug-likeness (QED) is 0.573. The number of sulfonamides is 1. The van der Waals surface area contributed by atoms with Gasteiger partial charge in [-0.15, -0.1) is 0 Å². The third-order valence-corrected chi connectivity index (χ3v) is 5.69. The Morgan fingerprint density at radius 3 is 2.63 bits per heavy atom. The fraction of sp³-hybridized carbons (Fsp3) is 0.227. The Balaban J connectivity index is 1.94. The average molecular weight is 429 g/mol. The number of nitrogens with one attached hydrogen (secondary N) is 1. The van der Waals surface area contributed by atoms with Crippen LogP contribution in [0.15, 0.2) is 51.8 Å². The Bertz CT molecular complexity index is 1260. The van der Waals surface area contributed by atoms with Crippen LogP contribution in [0, 0.1) is 13.8 Å². The summed E-state index contributed by atoms with van der Waals surface area (Å²) in [5.74, 6) is 1.05. The molecule has 0 aliphatic heterocycles. The molecule has 0 radical (unpaired) electrons. The molecule has 8 heteroatoms. The SMILES string of the molecule is CCOc1cc2oc(C)c(C)c2cc1/C(C)=C/C(=O)Nc1cccc(S(N)(=O)=O)c1. The van der Waals surface area contributed by atoms with E-state index in [2.05, 4.69) is 5.32 Å². The van der Waals surface area contributed by atoms with E-state index in [9.17, 15) is 13.2 Å². The standard InChI is InChI=1S/C22H24N2O5S/c1-5-28-20-12-21-19(14(3)15(4)29-21)11-18(20)13(2)9-22(25)24-16-7-6-8-17(10-16)30(23,26)27/h6-12H,5H2,1-4H3,(H,24,25)(H2,23,26,27)/b13-9+. The van der Waals surface area contributed by atoms with E-state index in [-0.39, 0.29) is 4.90 Å². The van der Waals surface area contributed by atoms with Crippen molar-refractivity contribution in [3.05, 3.63) is 59.4 Å². The molecule has 0 spiro atoms. The van der Waals surface area contributed by atoms with Gasteiger partial charge < -0.3 is 14.5 Å². The van der Waals surface area contributed by atoms with Gasteiger partial charge in [-0.05, 0) is 63.1 Å². The number of rotatable bonds is 6. The Morgan fingerprint density at radius 1 is 1.23 bits per heavy atom. The van der Waals surface area contributed by atoms with Gasteiger partial charge in [-0.25, -0.2) is 13.6 Å². The topological polar surface area (TPSA) is 112 Å². The molecule has 0 saturated carbocycles. The van der Waals surface area contributed by atoms with Gasteiger partial charge in [0.05, 0.1) is 11.5 Å². The minimum Gasteiger partial charge on any atom is -0.493 e. The van der Waals surface area contributed by atoms with Crippen molar-refractivity contribution in [1.29, 1.82) is 0 Å². The van der Waals surface area contributed by atoms with E-state index in [1.807, 2.05) is 39.8 Å². The molecule has 0 saturated heterocycles. The van der Waals surface area contributed by atoms with E-state index >= 15 is 0 Å². The van der Waals surface area contributed by atoms with Crippen LogP contribution in [0.25, 0.3) is 16.5 Å². The second kappa shape index (κ2) is 8.33. The maximum Gasteiger partial charge on any atom is 0.248 e. The number of hydrogen-bond donors (Lipinski definition) is 2. The predicted molar refractivity (Wildman–Crippen MR) is 117 cm³/mol. The number of aryl methyl sites for hydroxylation is 2. The number of carbonyl (C=O) groups is 1. The first-order valence-corrected chi connectivity index (χ1v) is 10.9. The van der Waals surface area contributed by atoms with Crippen molar-refractivity contribution in [2.24, 2.45) is 5.14 Å². The van der Waals surface area contributed by atoms with E-state index < -0.39 is 15.9 Å². The van der Waals surface area contributed by atoms with Crippen molar-refractivity contribution in [2.45, 2.75) is 32.6 Å². The zero-order valence-corrected chi connectivity index (χ0v) is 18.1. The Kier molecular flexibility index (Phi) is 6.00. The van der Waals surface area contributed by atoms with Crippen molar-refractivity contribution < 1.29 is 22.4 Å². The first-order valence-electron chi connectivity index (χ1n) is 9.39. The van der Waals surface area contributed by atoms with Crippen molar-refractivity contribution in [1.82, 2.24) is 0 Å². The monoisotopic (exact) mass is 428 g/mol. The lowest BCUT2D eigenvalue weighted by Gasteiger charge is -2.11. The third kappa shape index (κ3) is 4.55. The van der Waals surface area contributed by atoms with Gasteiger partial charge >= 0.3 is 0 Å². The predicted octanol–water partition coefficient (Wildman–Crippen LogP) is 4.14. The molecule has 0 bridgehead atoms. The molecule has 1 amide bonds. The highest BCUT2D eigenvalue weighted by Gasteiger charge is 2.15. The van der Waals surface area contributed by atoms with Gasteiger partial charge in [-0.2, -0.15) is 0 Å². The summed E-state index contributed by atoms with van der Waals surface area (Å²) in [6, 6.07) is 9.56. The van der Waals surface area contributed by atoms with E-state index in [4.69, 9.17) is 14.3 Å². The molecule has 0 fully saturated rings. The van der Waals surface area contributed by atoms with Crippen LogP contribution in [0.2, 0.25) is 0 Å².